The fourth-order valence-electron chi connectivity index (χ4n) is 3.65. The molecule has 0 radical (unpaired) electrons. The van der Waals surface area contributed by atoms with E-state index in [4.69, 9.17) is 4.52 Å². The van der Waals surface area contributed by atoms with E-state index in [0.717, 1.165) is 50.1 Å². The first-order valence-electron chi connectivity index (χ1n) is 8.67. The van der Waals surface area contributed by atoms with Crippen molar-refractivity contribution < 1.29 is 8.91 Å². The lowest BCUT2D eigenvalue weighted by Gasteiger charge is -2.31. The molecule has 1 aliphatic rings. The van der Waals surface area contributed by atoms with Gasteiger partial charge in [-0.2, -0.15) is 0 Å². The van der Waals surface area contributed by atoms with Crippen LogP contribution < -0.4 is 0 Å². The minimum atomic E-state index is -0.275. The number of aromatic nitrogens is 2. The molecule has 126 valence electrons. The van der Waals surface area contributed by atoms with Gasteiger partial charge in [-0.15, -0.1) is 0 Å². The first-order chi connectivity index (χ1) is 11.8. The van der Waals surface area contributed by atoms with Crippen molar-refractivity contribution in [3.63, 3.8) is 0 Å². The predicted molar refractivity (Wildman–Crippen MR) is 91.4 cm³/mol. The van der Waals surface area contributed by atoms with Gasteiger partial charge in [-0.3, -0.25) is 0 Å². The van der Waals surface area contributed by atoms with Crippen molar-refractivity contribution in [1.82, 2.24) is 14.6 Å². The van der Waals surface area contributed by atoms with E-state index < -0.39 is 0 Å². The molecule has 0 atom stereocenters. The van der Waals surface area contributed by atoms with Crippen LogP contribution in [0.1, 0.15) is 30.9 Å². The van der Waals surface area contributed by atoms with Gasteiger partial charge in [0.1, 0.15) is 5.82 Å². The maximum absolute atomic E-state index is 13.3. The van der Waals surface area contributed by atoms with Crippen LogP contribution in [0.15, 0.2) is 47.2 Å². The van der Waals surface area contributed by atoms with E-state index in [-0.39, 0.29) is 5.82 Å². The summed E-state index contributed by atoms with van der Waals surface area (Å²) in [6.07, 6.45) is 7.58. The lowest BCUT2D eigenvalue weighted by Crippen LogP contribution is -2.34. The molecule has 2 aromatic heterocycles. The fourth-order valence-corrected chi connectivity index (χ4v) is 3.65. The Bertz CT molecular complexity index is 788. The predicted octanol–water partition coefficient (Wildman–Crippen LogP) is 4.04. The molecule has 3 aromatic rings. The third kappa shape index (κ3) is 3.22. The highest BCUT2D eigenvalue weighted by molar-refractivity contribution is 5.79. The maximum Gasteiger partial charge on any atom is 0.170 e. The molecular formula is C19H22FN3O. The van der Waals surface area contributed by atoms with Crippen molar-refractivity contribution in [3.05, 3.63) is 54.2 Å². The van der Waals surface area contributed by atoms with E-state index in [1.165, 1.54) is 18.6 Å². The second-order valence-corrected chi connectivity index (χ2v) is 6.60. The number of hydrogen-bond donors (Lipinski definition) is 0. The average Bonchev–Trinajstić information content (AvgIpc) is 3.25. The Labute approximate surface area is 140 Å². The Morgan fingerprint density at radius 3 is 2.71 bits per heavy atom. The monoisotopic (exact) mass is 327 g/mol. The van der Waals surface area contributed by atoms with Crippen LogP contribution in [0.3, 0.4) is 0 Å². The smallest absolute Gasteiger partial charge is 0.170 e. The van der Waals surface area contributed by atoms with Gasteiger partial charge in [0.15, 0.2) is 5.58 Å². The minimum absolute atomic E-state index is 0.275. The van der Waals surface area contributed by atoms with E-state index in [1.807, 2.05) is 0 Å². The molecule has 1 fully saturated rings. The molecule has 0 unspecified atom stereocenters. The van der Waals surface area contributed by atoms with Crippen molar-refractivity contribution >= 4 is 11.0 Å². The molecule has 0 spiro atoms. The molecule has 0 N–H and O–H groups in total. The van der Waals surface area contributed by atoms with Gasteiger partial charge in [-0.05, 0) is 63.2 Å². The van der Waals surface area contributed by atoms with Crippen LogP contribution in [0.25, 0.3) is 11.0 Å². The van der Waals surface area contributed by atoms with Crippen LogP contribution in [0, 0.1) is 5.82 Å². The van der Waals surface area contributed by atoms with Crippen LogP contribution in [-0.4, -0.2) is 34.3 Å². The normalized spacial score (nSPS) is 16.9. The molecule has 5 heteroatoms. The summed E-state index contributed by atoms with van der Waals surface area (Å²) in [7, 11) is 0. The molecule has 4 nitrogen and oxygen atoms in total. The van der Waals surface area contributed by atoms with Crippen LogP contribution in [0.4, 0.5) is 4.39 Å². The van der Waals surface area contributed by atoms with E-state index in [2.05, 4.69) is 39.2 Å². The second-order valence-electron chi connectivity index (χ2n) is 6.60. The van der Waals surface area contributed by atoms with Crippen molar-refractivity contribution in [2.45, 2.75) is 31.7 Å². The first-order valence-corrected chi connectivity index (χ1v) is 8.67. The molecular weight excluding hydrogens is 305 g/mol. The number of piperidine rings is 1. The van der Waals surface area contributed by atoms with E-state index in [1.54, 1.807) is 6.07 Å². The topological polar surface area (TPSA) is 34.2 Å². The zero-order chi connectivity index (χ0) is 16.4. The fraction of sp³-hybridized carbons (Fsp3) is 0.421. The molecule has 1 aliphatic heterocycles. The maximum atomic E-state index is 13.3. The lowest BCUT2D eigenvalue weighted by atomic mass is 9.91. The molecule has 24 heavy (non-hydrogen) atoms. The standard InChI is InChI=1S/C19H22FN3O/c20-16-4-5-17-18(14-16)24-21-19(17)15-6-12-23(13-7-15)11-3-10-22-8-1-2-9-22/h1-2,4-5,8-9,14-15H,3,6-7,10-13H2. The van der Waals surface area contributed by atoms with Gasteiger partial charge in [0, 0.05) is 36.3 Å². The van der Waals surface area contributed by atoms with Crippen LogP contribution >= 0.6 is 0 Å². The highest BCUT2D eigenvalue weighted by atomic mass is 19.1. The Morgan fingerprint density at radius 2 is 1.92 bits per heavy atom. The zero-order valence-corrected chi connectivity index (χ0v) is 13.7. The second kappa shape index (κ2) is 6.77. The number of hydrogen-bond acceptors (Lipinski definition) is 3. The summed E-state index contributed by atoms with van der Waals surface area (Å²) in [5, 5.41) is 5.18. The van der Waals surface area contributed by atoms with Crippen molar-refractivity contribution in [3.8, 4) is 0 Å². The Balaban J connectivity index is 1.32. The van der Waals surface area contributed by atoms with Gasteiger partial charge < -0.3 is 14.0 Å². The van der Waals surface area contributed by atoms with E-state index in [9.17, 15) is 4.39 Å². The van der Waals surface area contributed by atoms with Gasteiger partial charge in [0.2, 0.25) is 0 Å². The number of benzene rings is 1. The van der Waals surface area contributed by atoms with Gasteiger partial charge in [-0.1, -0.05) is 5.16 Å². The van der Waals surface area contributed by atoms with Crippen LogP contribution in [0.2, 0.25) is 0 Å². The minimum Gasteiger partial charge on any atom is -0.356 e. The molecule has 0 amide bonds. The van der Waals surface area contributed by atoms with Crippen molar-refractivity contribution in [2.24, 2.45) is 0 Å². The first kappa shape index (κ1) is 15.4. The summed E-state index contributed by atoms with van der Waals surface area (Å²) >= 11 is 0. The SMILES string of the molecule is Fc1ccc2c(C3CCN(CCCn4cccc4)CC3)noc2c1. The zero-order valence-electron chi connectivity index (χ0n) is 13.7. The van der Waals surface area contributed by atoms with Gasteiger partial charge >= 0.3 is 0 Å². The van der Waals surface area contributed by atoms with Crippen molar-refractivity contribution in [2.75, 3.05) is 19.6 Å². The van der Waals surface area contributed by atoms with Crippen molar-refractivity contribution in [1.29, 1.82) is 0 Å². The number of aryl methyl sites for hydroxylation is 1. The Kier molecular flexibility index (Phi) is 4.34. The molecule has 0 saturated carbocycles. The van der Waals surface area contributed by atoms with Crippen LogP contribution in [0.5, 0.6) is 0 Å². The van der Waals surface area contributed by atoms with E-state index >= 15 is 0 Å². The molecule has 1 saturated heterocycles. The summed E-state index contributed by atoms with van der Waals surface area (Å²) in [4.78, 5) is 2.53. The summed E-state index contributed by atoms with van der Waals surface area (Å²) in [6.45, 7) is 4.39. The number of likely N-dealkylation sites (tertiary alicyclic amines) is 1. The highest BCUT2D eigenvalue weighted by Crippen LogP contribution is 2.32. The molecule has 3 heterocycles. The number of halogens is 1. The third-order valence-electron chi connectivity index (χ3n) is 4.99. The van der Waals surface area contributed by atoms with Gasteiger partial charge in [0.05, 0.1) is 5.69 Å². The quantitative estimate of drug-likeness (QED) is 0.709. The summed E-state index contributed by atoms with van der Waals surface area (Å²) < 4.78 is 20.8. The molecule has 0 bridgehead atoms. The van der Waals surface area contributed by atoms with Gasteiger partial charge in [0.25, 0.3) is 0 Å². The Morgan fingerprint density at radius 1 is 1.12 bits per heavy atom. The van der Waals surface area contributed by atoms with Gasteiger partial charge in [-0.25, -0.2) is 4.39 Å². The largest absolute Gasteiger partial charge is 0.356 e. The third-order valence-corrected chi connectivity index (χ3v) is 4.99. The van der Waals surface area contributed by atoms with E-state index in [0.29, 0.717) is 11.5 Å². The van der Waals surface area contributed by atoms with Crippen LogP contribution in [-0.2, 0) is 6.54 Å². The Hall–Kier alpha value is -2.14. The summed E-state index contributed by atoms with van der Waals surface area (Å²) in [6, 6.07) is 8.83. The lowest BCUT2D eigenvalue weighted by molar-refractivity contribution is 0.204. The number of nitrogens with zero attached hydrogens (tertiary/aromatic N) is 3. The highest BCUT2D eigenvalue weighted by Gasteiger charge is 2.24. The molecule has 0 aliphatic carbocycles. The number of rotatable bonds is 5. The summed E-state index contributed by atoms with van der Waals surface area (Å²) in [5.74, 6) is 0.139. The molecule has 1 aromatic carbocycles. The number of fused-ring (bicyclic) bond motifs is 1. The average molecular weight is 327 g/mol. The molecule has 4 rings (SSSR count). The summed E-state index contributed by atoms with van der Waals surface area (Å²) in [5.41, 5.74) is 1.55.